The third-order valence-corrected chi connectivity index (χ3v) is 7.60. The Bertz CT molecular complexity index is 1540. The Kier molecular flexibility index (Phi) is 7.89. The highest BCUT2D eigenvalue weighted by molar-refractivity contribution is 7.89. The lowest BCUT2D eigenvalue weighted by atomic mass is 9.87. The first-order valence-electron chi connectivity index (χ1n) is 12.5. The Morgan fingerprint density at radius 2 is 1.82 bits per heavy atom. The molecule has 0 amide bonds. The van der Waals surface area contributed by atoms with Gasteiger partial charge < -0.3 is 19.0 Å². The van der Waals surface area contributed by atoms with Crippen LogP contribution in [0, 0.1) is 0 Å². The van der Waals surface area contributed by atoms with Gasteiger partial charge >= 0.3 is 0 Å². The van der Waals surface area contributed by atoms with Gasteiger partial charge in [0.25, 0.3) is 0 Å². The van der Waals surface area contributed by atoms with Crippen LogP contribution in [0.2, 0.25) is 0 Å². The Balaban J connectivity index is 1.36. The molecule has 0 saturated carbocycles. The van der Waals surface area contributed by atoms with E-state index in [0.29, 0.717) is 55.3 Å². The van der Waals surface area contributed by atoms with Crippen LogP contribution in [0.25, 0.3) is 17.1 Å². The number of primary sulfonamides is 1. The van der Waals surface area contributed by atoms with Crippen molar-refractivity contribution < 1.29 is 27.4 Å². The Morgan fingerprint density at radius 1 is 1.08 bits per heavy atom. The molecular weight excluding hydrogens is 518 g/mol. The molecule has 202 valence electrons. The van der Waals surface area contributed by atoms with Crippen molar-refractivity contribution in [3.8, 4) is 11.3 Å². The average Bonchev–Trinajstić information content (AvgIpc) is 3.42. The molecule has 10 heteroatoms. The first-order chi connectivity index (χ1) is 18.8. The van der Waals surface area contributed by atoms with Crippen molar-refractivity contribution in [1.29, 1.82) is 0 Å². The number of nitrogens with zero attached hydrogens (tertiary/aromatic N) is 2. The number of aliphatic hydroxyl groups is 1. The Hall–Kier alpha value is -3.83. The van der Waals surface area contributed by atoms with Gasteiger partial charge in [0.2, 0.25) is 10.0 Å². The summed E-state index contributed by atoms with van der Waals surface area (Å²) in [5.74, 6) is 1.19. The van der Waals surface area contributed by atoms with E-state index in [1.165, 1.54) is 18.5 Å². The lowest BCUT2D eigenvalue weighted by Gasteiger charge is -2.32. The molecule has 3 heterocycles. The predicted octanol–water partition coefficient (Wildman–Crippen LogP) is 4.18. The molecule has 3 N–H and O–H groups in total. The van der Waals surface area contributed by atoms with Crippen molar-refractivity contribution in [3.05, 3.63) is 108 Å². The molecule has 1 aliphatic rings. The molecule has 1 fully saturated rings. The summed E-state index contributed by atoms with van der Waals surface area (Å²) in [6.07, 6.45) is 8.18. The second kappa shape index (κ2) is 11.5. The van der Waals surface area contributed by atoms with E-state index < -0.39 is 15.6 Å². The van der Waals surface area contributed by atoms with Gasteiger partial charge in [-0.2, -0.15) is 0 Å². The summed E-state index contributed by atoms with van der Waals surface area (Å²) in [7, 11) is -3.79. The Morgan fingerprint density at radius 3 is 2.54 bits per heavy atom. The van der Waals surface area contributed by atoms with E-state index in [1.807, 2.05) is 42.5 Å². The van der Waals surface area contributed by atoms with Gasteiger partial charge in [0, 0.05) is 67.1 Å². The molecule has 0 radical (unpaired) electrons. The molecule has 39 heavy (non-hydrogen) atoms. The van der Waals surface area contributed by atoms with Crippen molar-refractivity contribution in [2.24, 2.45) is 5.14 Å². The van der Waals surface area contributed by atoms with Crippen LogP contribution in [-0.4, -0.2) is 36.7 Å². The number of hydrogen-bond acceptors (Lipinski definition) is 8. The number of allylic oxidation sites excluding steroid dienone is 1. The van der Waals surface area contributed by atoms with E-state index in [1.54, 1.807) is 24.5 Å². The van der Waals surface area contributed by atoms with Crippen molar-refractivity contribution in [2.45, 2.75) is 36.4 Å². The van der Waals surface area contributed by atoms with E-state index in [0.717, 1.165) is 16.7 Å². The summed E-state index contributed by atoms with van der Waals surface area (Å²) in [4.78, 5) is 8.72. The summed E-state index contributed by atoms with van der Waals surface area (Å²) < 4.78 is 40.5. The molecule has 0 unspecified atom stereocenters. The van der Waals surface area contributed by atoms with Gasteiger partial charge in [-0.3, -0.25) is 4.98 Å². The molecule has 9 nitrogen and oxygen atoms in total. The summed E-state index contributed by atoms with van der Waals surface area (Å²) in [5, 5.41) is 16.3. The molecule has 4 aromatic rings. The molecule has 0 atom stereocenters. The van der Waals surface area contributed by atoms with E-state index in [-0.39, 0.29) is 11.5 Å². The van der Waals surface area contributed by atoms with E-state index >= 15 is 0 Å². The Labute approximate surface area is 227 Å². The van der Waals surface area contributed by atoms with Crippen LogP contribution in [0.3, 0.4) is 0 Å². The van der Waals surface area contributed by atoms with Crippen LogP contribution in [0.4, 0.5) is 0 Å². The lowest BCUT2D eigenvalue weighted by molar-refractivity contribution is -0.0681. The number of oxazole rings is 1. The van der Waals surface area contributed by atoms with Crippen LogP contribution in [-0.2, 0) is 38.1 Å². The minimum Gasteiger partial charge on any atom is -0.489 e. The maximum Gasteiger partial charge on any atom is 0.238 e. The molecule has 5 rings (SSSR count). The lowest BCUT2D eigenvalue weighted by Crippen LogP contribution is -2.33. The molecule has 1 saturated heterocycles. The molecule has 0 bridgehead atoms. The minimum atomic E-state index is -3.79. The number of pyridine rings is 1. The number of ether oxygens (including phenoxy) is 2. The van der Waals surface area contributed by atoms with Gasteiger partial charge in [-0.1, -0.05) is 30.3 Å². The number of aromatic nitrogens is 2. The van der Waals surface area contributed by atoms with Crippen LogP contribution in [0.1, 0.15) is 35.2 Å². The highest BCUT2D eigenvalue weighted by Crippen LogP contribution is 2.32. The maximum absolute atomic E-state index is 11.6. The van der Waals surface area contributed by atoms with Gasteiger partial charge in [-0.05, 0) is 36.4 Å². The molecule has 0 spiro atoms. The fourth-order valence-corrected chi connectivity index (χ4v) is 4.99. The van der Waals surface area contributed by atoms with Gasteiger partial charge in [-0.15, -0.1) is 0 Å². The van der Waals surface area contributed by atoms with Gasteiger partial charge in [0.05, 0.1) is 16.2 Å². The number of benzene rings is 2. The van der Waals surface area contributed by atoms with E-state index in [2.05, 4.69) is 9.97 Å². The monoisotopic (exact) mass is 547 g/mol. The first kappa shape index (κ1) is 26.8. The average molecular weight is 548 g/mol. The number of nitrogens with two attached hydrogens (primary N) is 1. The van der Waals surface area contributed by atoms with Crippen LogP contribution in [0.5, 0.6) is 0 Å². The largest absolute Gasteiger partial charge is 0.489 e. The summed E-state index contributed by atoms with van der Waals surface area (Å²) >= 11 is 0. The zero-order valence-corrected chi connectivity index (χ0v) is 22.0. The number of hydrogen-bond donors (Lipinski definition) is 2. The van der Waals surface area contributed by atoms with E-state index in [9.17, 15) is 13.5 Å². The topological polar surface area (TPSA) is 138 Å². The fourth-order valence-electron chi connectivity index (χ4n) is 4.48. The zero-order valence-electron chi connectivity index (χ0n) is 21.2. The fraction of sp³-hybridized carbons (Fsp3) is 0.241. The van der Waals surface area contributed by atoms with Crippen LogP contribution >= 0.6 is 0 Å². The number of sulfonamides is 1. The normalized spacial score (nSPS) is 15.7. The molecular formula is C29H29N3O6S. The SMILES string of the molecule is NS(=O)(=O)c1ccc(-c2ocnc2C/C=C(\OCc2cncc(C3(O)CCOCC3)c2)c2ccccc2)cc1. The molecule has 2 aromatic carbocycles. The standard InChI is InChI=1S/C29H29N3O6S/c30-39(34,35)25-8-6-23(7-9-25)28-26(32-20-38-28)10-11-27(22-4-2-1-3-5-22)37-19-21-16-24(18-31-17-21)29(33)12-14-36-15-13-29/h1-9,11,16-18,20,33H,10,12-15,19H2,(H2,30,34,35)/b27-11-. The number of rotatable bonds is 9. The third kappa shape index (κ3) is 6.43. The predicted molar refractivity (Wildman–Crippen MR) is 144 cm³/mol. The highest BCUT2D eigenvalue weighted by Gasteiger charge is 2.32. The van der Waals surface area contributed by atoms with Crippen molar-refractivity contribution in [2.75, 3.05) is 13.2 Å². The first-order valence-corrected chi connectivity index (χ1v) is 14.0. The molecule has 1 aliphatic heterocycles. The highest BCUT2D eigenvalue weighted by atomic mass is 32.2. The quantitative estimate of drug-likeness (QED) is 0.298. The van der Waals surface area contributed by atoms with Gasteiger partial charge in [0.15, 0.2) is 12.2 Å². The summed E-state index contributed by atoms with van der Waals surface area (Å²) in [5.41, 5.74) is 2.89. The summed E-state index contributed by atoms with van der Waals surface area (Å²) in [6, 6.07) is 17.8. The van der Waals surface area contributed by atoms with Gasteiger partial charge in [-0.25, -0.2) is 18.5 Å². The second-order valence-electron chi connectivity index (χ2n) is 9.35. The minimum absolute atomic E-state index is 0.0227. The summed E-state index contributed by atoms with van der Waals surface area (Å²) in [6.45, 7) is 1.28. The molecule has 0 aliphatic carbocycles. The van der Waals surface area contributed by atoms with Crippen molar-refractivity contribution >= 4 is 15.8 Å². The van der Waals surface area contributed by atoms with Crippen molar-refractivity contribution in [3.63, 3.8) is 0 Å². The van der Waals surface area contributed by atoms with Crippen LogP contribution in [0.15, 0.2) is 94.8 Å². The van der Waals surface area contributed by atoms with E-state index in [4.69, 9.17) is 19.0 Å². The van der Waals surface area contributed by atoms with Crippen molar-refractivity contribution in [1.82, 2.24) is 9.97 Å². The zero-order chi connectivity index (χ0) is 27.3. The maximum atomic E-state index is 11.6. The second-order valence-corrected chi connectivity index (χ2v) is 10.9. The smallest absolute Gasteiger partial charge is 0.238 e. The third-order valence-electron chi connectivity index (χ3n) is 6.67. The van der Waals surface area contributed by atoms with Crippen LogP contribution < -0.4 is 5.14 Å². The molecule has 2 aromatic heterocycles. The van der Waals surface area contributed by atoms with Gasteiger partial charge in [0.1, 0.15) is 12.4 Å².